The number of halogens is 4. The van der Waals surface area contributed by atoms with Crippen molar-refractivity contribution in [2.24, 2.45) is 0 Å². The minimum atomic E-state index is -4.46. The minimum absolute atomic E-state index is 0.251. The molecule has 5 nitrogen and oxygen atoms in total. The van der Waals surface area contributed by atoms with Crippen LogP contribution in [0.5, 0.6) is 0 Å². The second kappa shape index (κ2) is 9.07. The number of anilines is 1. The maximum absolute atomic E-state index is 13.4. The maximum atomic E-state index is 13.4. The molecule has 1 fully saturated rings. The van der Waals surface area contributed by atoms with Gasteiger partial charge in [-0.15, -0.1) is 0 Å². The van der Waals surface area contributed by atoms with Crippen molar-refractivity contribution in [1.29, 1.82) is 0 Å². The number of aromatic nitrogens is 2. The zero-order valence-corrected chi connectivity index (χ0v) is 19.8. The van der Waals surface area contributed by atoms with Crippen LogP contribution in [0, 0.1) is 0 Å². The number of hydrogen-bond donors (Lipinski definition) is 2. The van der Waals surface area contributed by atoms with Gasteiger partial charge in [-0.25, -0.2) is 0 Å². The summed E-state index contributed by atoms with van der Waals surface area (Å²) < 4.78 is 42.0. The summed E-state index contributed by atoms with van der Waals surface area (Å²) in [6.07, 6.45) is -2.21. The summed E-state index contributed by atoms with van der Waals surface area (Å²) in [6.45, 7) is 6.05. The van der Waals surface area contributed by atoms with Crippen LogP contribution in [0.25, 0.3) is 0 Å². The van der Waals surface area contributed by atoms with Crippen molar-refractivity contribution in [3.8, 4) is 0 Å². The van der Waals surface area contributed by atoms with Gasteiger partial charge in [-0.2, -0.15) is 18.3 Å². The predicted molar refractivity (Wildman–Crippen MR) is 126 cm³/mol. The van der Waals surface area contributed by atoms with Crippen LogP contribution < -0.4 is 10.6 Å². The van der Waals surface area contributed by atoms with E-state index >= 15 is 0 Å². The molecule has 1 saturated heterocycles. The van der Waals surface area contributed by atoms with Gasteiger partial charge in [0.05, 0.1) is 22.8 Å². The fourth-order valence-corrected chi connectivity index (χ4v) is 4.40. The van der Waals surface area contributed by atoms with E-state index in [9.17, 15) is 18.0 Å². The van der Waals surface area contributed by atoms with E-state index in [1.54, 1.807) is 30.3 Å². The third kappa shape index (κ3) is 5.28. The summed E-state index contributed by atoms with van der Waals surface area (Å²) in [5, 5.41) is 11.3. The molecule has 3 aromatic rings. The van der Waals surface area contributed by atoms with E-state index in [0.717, 1.165) is 17.8 Å². The topological polar surface area (TPSA) is 59.0 Å². The van der Waals surface area contributed by atoms with E-state index in [4.69, 9.17) is 16.7 Å². The Hall–Kier alpha value is -2.84. The van der Waals surface area contributed by atoms with E-state index in [-0.39, 0.29) is 17.4 Å². The lowest BCUT2D eigenvalue weighted by atomic mass is 9.90. The summed E-state index contributed by atoms with van der Waals surface area (Å²) >= 11 is 6.02. The number of carbonyl (C=O) groups excluding carboxylic acids is 1. The quantitative estimate of drug-likeness (QED) is 0.462. The molecule has 1 aliphatic rings. The Morgan fingerprint density at radius 2 is 1.85 bits per heavy atom. The van der Waals surface area contributed by atoms with Crippen molar-refractivity contribution >= 4 is 23.2 Å². The van der Waals surface area contributed by atoms with Crippen molar-refractivity contribution in [3.05, 3.63) is 82.6 Å². The van der Waals surface area contributed by atoms with Gasteiger partial charge in [-0.05, 0) is 69.2 Å². The van der Waals surface area contributed by atoms with Gasteiger partial charge in [0.25, 0.3) is 0 Å². The molecule has 1 aliphatic heterocycles. The first-order chi connectivity index (χ1) is 15.9. The van der Waals surface area contributed by atoms with Crippen LogP contribution in [0.2, 0.25) is 5.02 Å². The molecule has 0 unspecified atom stereocenters. The van der Waals surface area contributed by atoms with Gasteiger partial charge in [0, 0.05) is 28.9 Å². The Bertz CT molecular complexity index is 1190. The Morgan fingerprint density at radius 3 is 2.50 bits per heavy atom. The number of hydrogen-bond acceptors (Lipinski definition) is 3. The molecule has 0 radical (unpaired) electrons. The Morgan fingerprint density at radius 1 is 1.12 bits per heavy atom. The van der Waals surface area contributed by atoms with E-state index < -0.39 is 23.8 Å². The van der Waals surface area contributed by atoms with Crippen LogP contribution in [0.1, 0.15) is 56.0 Å². The third-order valence-electron chi connectivity index (χ3n) is 5.93. The van der Waals surface area contributed by atoms with Crippen LogP contribution >= 0.6 is 11.6 Å². The van der Waals surface area contributed by atoms with Gasteiger partial charge in [-0.3, -0.25) is 14.8 Å². The van der Waals surface area contributed by atoms with E-state index in [1.165, 1.54) is 6.07 Å². The standard InChI is InChI=1S/C25H26ClF3N4O/c1-24(2,3)33-11-10-20(32-33)19-14-21(23(34)30-18-9-5-8-17(26)13-18)31-22(19)15-6-4-7-16(12-15)25(27,28)29/h4-13,19,21-22,31H,14H2,1-3H3,(H,30,34)/t19-,21-,22-/m0/s1. The molecule has 2 heterocycles. The molecule has 180 valence electrons. The predicted octanol–water partition coefficient (Wildman–Crippen LogP) is 6.14. The lowest BCUT2D eigenvalue weighted by Crippen LogP contribution is -2.36. The van der Waals surface area contributed by atoms with Gasteiger partial charge in [0.15, 0.2) is 0 Å². The first-order valence-electron chi connectivity index (χ1n) is 11.0. The van der Waals surface area contributed by atoms with E-state index in [0.29, 0.717) is 22.7 Å². The molecule has 3 atom stereocenters. The Labute approximate surface area is 201 Å². The van der Waals surface area contributed by atoms with Crippen LogP contribution in [0.3, 0.4) is 0 Å². The highest BCUT2D eigenvalue weighted by Crippen LogP contribution is 2.41. The van der Waals surface area contributed by atoms with Crippen LogP contribution in [0.4, 0.5) is 18.9 Å². The lowest BCUT2D eigenvalue weighted by molar-refractivity contribution is -0.137. The highest BCUT2D eigenvalue weighted by Gasteiger charge is 2.41. The molecule has 0 spiro atoms. The lowest BCUT2D eigenvalue weighted by Gasteiger charge is -2.21. The highest BCUT2D eigenvalue weighted by atomic mass is 35.5. The number of rotatable bonds is 4. The Kier molecular flexibility index (Phi) is 6.48. The molecule has 4 rings (SSSR count). The van der Waals surface area contributed by atoms with Crippen molar-refractivity contribution in [2.45, 2.75) is 56.9 Å². The number of alkyl halides is 3. The van der Waals surface area contributed by atoms with Gasteiger partial charge >= 0.3 is 6.18 Å². The zero-order chi connectivity index (χ0) is 24.7. The fourth-order valence-electron chi connectivity index (χ4n) is 4.21. The van der Waals surface area contributed by atoms with E-state index in [1.807, 2.05) is 37.7 Å². The smallest absolute Gasteiger partial charge is 0.325 e. The number of amides is 1. The molecule has 0 saturated carbocycles. The van der Waals surface area contributed by atoms with E-state index in [2.05, 4.69) is 10.6 Å². The number of carbonyl (C=O) groups is 1. The van der Waals surface area contributed by atoms with Crippen molar-refractivity contribution in [2.75, 3.05) is 5.32 Å². The van der Waals surface area contributed by atoms with Crippen LogP contribution in [-0.2, 0) is 16.5 Å². The summed E-state index contributed by atoms with van der Waals surface area (Å²) in [7, 11) is 0. The summed E-state index contributed by atoms with van der Waals surface area (Å²) in [5.41, 5.74) is 0.762. The average molecular weight is 491 g/mol. The largest absolute Gasteiger partial charge is 0.416 e. The molecule has 0 bridgehead atoms. The Balaban J connectivity index is 1.65. The van der Waals surface area contributed by atoms with Crippen LogP contribution in [0.15, 0.2) is 60.8 Å². The normalized spacial score (nSPS) is 21.0. The monoisotopic (exact) mass is 490 g/mol. The molecule has 9 heteroatoms. The van der Waals surface area contributed by atoms with Crippen LogP contribution in [-0.4, -0.2) is 21.7 Å². The first-order valence-corrected chi connectivity index (χ1v) is 11.4. The number of benzene rings is 2. The van der Waals surface area contributed by atoms with Crippen molar-refractivity contribution < 1.29 is 18.0 Å². The van der Waals surface area contributed by atoms with Gasteiger partial charge in [0.1, 0.15) is 0 Å². The molecular weight excluding hydrogens is 465 g/mol. The minimum Gasteiger partial charge on any atom is -0.325 e. The summed E-state index contributed by atoms with van der Waals surface area (Å²) in [4.78, 5) is 13.0. The van der Waals surface area contributed by atoms with Crippen molar-refractivity contribution in [3.63, 3.8) is 0 Å². The van der Waals surface area contributed by atoms with Gasteiger partial charge in [0.2, 0.25) is 5.91 Å². The van der Waals surface area contributed by atoms with Gasteiger partial charge in [-0.1, -0.05) is 29.8 Å². The van der Waals surface area contributed by atoms with Gasteiger partial charge < -0.3 is 5.32 Å². The molecule has 34 heavy (non-hydrogen) atoms. The number of nitrogens with zero attached hydrogens (tertiary/aromatic N) is 2. The van der Waals surface area contributed by atoms with Crippen molar-refractivity contribution in [1.82, 2.24) is 15.1 Å². The number of nitrogens with one attached hydrogen (secondary N) is 2. The highest BCUT2D eigenvalue weighted by molar-refractivity contribution is 6.30. The SMILES string of the molecule is CC(C)(C)n1ccc([C@@H]2C[C@@H](C(=O)Nc3cccc(Cl)c3)N[C@H]2c2cccc(C(F)(F)F)c2)n1. The molecule has 2 N–H and O–H groups in total. The second-order valence-electron chi connectivity index (χ2n) is 9.52. The maximum Gasteiger partial charge on any atom is 0.416 e. The molecule has 2 aromatic carbocycles. The summed E-state index contributed by atoms with van der Waals surface area (Å²) in [6, 6.07) is 12.8. The first kappa shape index (κ1) is 24.3. The molecular formula is C25H26ClF3N4O. The molecule has 1 amide bonds. The summed E-state index contributed by atoms with van der Waals surface area (Å²) in [5.74, 6) is -0.570. The second-order valence-corrected chi connectivity index (χ2v) is 9.95. The zero-order valence-electron chi connectivity index (χ0n) is 19.0. The average Bonchev–Trinajstić information content (AvgIpc) is 3.41. The fraction of sp³-hybridized carbons (Fsp3) is 0.360. The molecule has 0 aliphatic carbocycles. The third-order valence-corrected chi connectivity index (χ3v) is 6.17. The molecule has 1 aromatic heterocycles.